The van der Waals surface area contributed by atoms with Crippen molar-refractivity contribution in [1.82, 2.24) is 5.32 Å². The van der Waals surface area contributed by atoms with Gasteiger partial charge in [0.1, 0.15) is 5.75 Å². The fraction of sp³-hybridized carbons (Fsp3) is 0.625. The summed E-state index contributed by atoms with van der Waals surface area (Å²) >= 11 is 0. The van der Waals surface area contributed by atoms with Crippen LogP contribution >= 0.6 is 0 Å². The normalized spacial score (nSPS) is 13.1. The maximum absolute atomic E-state index is 12.2. The highest BCUT2D eigenvalue weighted by Gasteiger charge is 2.14. The number of hydrogen-bond donors (Lipinski definition) is 1. The number of rotatable bonds is 10. The lowest BCUT2D eigenvalue weighted by Crippen LogP contribution is -2.26. The molecule has 5 heteroatoms. The SMILES string of the molecule is CCCNC(C)CCCCS(=O)(=O)c1ccc(OC)cc1. The largest absolute Gasteiger partial charge is 0.497 e. The molecule has 4 nitrogen and oxygen atoms in total. The molecule has 0 aliphatic heterocycles. The van der Waals surface area contributed by atoms with E-state index in [-0.39, 0.29) is 5.75 Å². The molecular weight excluding hydrogens is 286 g/mol. The first kappa shape index (κ1) is 18.0. The van der Waals surface area contributed by atoms with Crippen molar-refractivity contribution in [3.63, 3.8) is 0 Å². The van der Waals surface area contributed by atoms with Crippen molar-refractivity contribution >= 4 is 9.84 Å². The number of sulfone groups is 1. The van der Waals surface area contributed by atoms with Crippen molar-refractivity contribution in [3.05, 3.63) is 24.3 Å². The lowest BCUT2D eigenvalue weighted by molar-refractivity contribution is 0.414. The van der Waals surface area contributed by atoms with E-state index in [9.17, 15) is 8.42 Å². The number of ether oxygens (including phenoxy) is 1. The van der Waals surface area contributed by atoms with Crippen LogP contribution in [0.25, 0.3) is 0 Å². The van der Waals surface area contributed by atoms with Gasteiger partial charge >= 0.3 is 0 Å². The van der Waals surface area contributed by atoms with E-state index in [2.05, 4.69) is 19.2 Å². The van der Waals surface area contributed by atoms with Gasteiger partial charge in [-0.05, 0) is 57.0 Å². The highest BCUT2D eigenvalue weighted by Crippen LogP contribution is 2.18. The summed E-state index contributed by atoms with van der Waals surface area (Å²) in [7, 11) is -1.61. The van der Waals surface area contributed by atoms with Crippen LogP contribution < -0.4 is 10.1 Å². The summed E-state index contributed by atoms with van der Waals surface area (Å²) in [5.41, 5.74) is 0. The van der Waals surface area contributed by atoms with Crippen LogP contribution in [0.15, 0.2) is 29.2 Å². The Morgan fingerprint density at radius 3 is 2.43 bits per heavy atom. The van der Waals surface area contributed by atoms with Crippen LogP contribution in [-0.2, 0) is 9.84 Å². The van der Waals surface area contributed by atoms with Crippen molar-refractivity contribution in [3.8, 4) is 5.75 Å². The summed E-state index contributed by atoms with van der Waals surface area (Å²) in [6, 6.07) is 7.04. The summed E-state index contributed by atoms with van der Waals surface area (Å²) in [6.45, 7) is 5.31. The van der Waals surface area contributed by atoms with E-state index in [1.165, 1.54) is 0 Å². The van der Waals surface area contributed by atoms with Gasteiger partial charge in [0, 0.05) is 6.04 Å². The average molecular weight is 313 g/mol. The Balaban J connectivity index is 2.39. The van der Waals surface area contributed by atoms with Gasteiger partial charge in [0.15, 0.2) is 9.84 Å². The first-order chi connectivity index (χ1) is 9.99. The van der Waals surface area contributed by atoms with Crippen molar-refractivity contribution in [2.45, 2.75) is 50.5 Å². The zero-order valence-electron chi connectivity index (χ0n) is 13.3. The van der Waals surface area contributed by atoms with E-state index < -0.39 is 9.84 Å². The molecule has 0 aliphatic carbocycles. The number of hydrogen-bond acceptors (Lipinski definition) is 4. The van der Waals surface area contributed by atoms with E-state index >= 15 is 0 Å². The topological polar surface area (TPSA) is 55.4 Å². The highest BCUT2D eigenvalue weighted by molar-refractivity contribution is 7.91. The van der Waals surface area contributed by atoms with Crippen molar-refractivity contribution in [1.29, 1.82) is 0 Å². The molecule has 0 spiro atoms. The van der Waals surface area contributed by atoms with Gasteiger partial charge in [-0.2, -0.15) is 0 Å². The Labute approximate surface area is 128 Å². The van der Waals surface area contributed by atoms with Gasteiger partial charge in [0.25, 0.3) is 0 Å². The van der Waals surface area contributed by atoms with Gasteiger partial charge in [-0.3, -0.25) is 0 Å². The fourth-order valence-corrected chi connectivity index (χ4v) is 3.51. The van der Waals surface area contributed by atoms with Crippen molar-refractivity contribution in [2.24, 2.45) is 0 Å². The first-order valence-electron chi connectivity index (χ1n) is 7.59. The minimum Gasteiger partial charge on any atom is -0.497 e. The molecule has 1 aromatic carbocycles. The molecule has 0 heterocycles. The standard InChI is InChI=1S/C16H27NO3S/c1-4-12-17-14(2)7-5-6-13-21(18,19)16-10-8-15(20-3)9-11-16/h8-11,14,17H,4-7,12-13H2,1-3H3. The quantitative estimate of drug-likeness (QED) is 0.675. The zero-order chi connectivity index (χ0) is 15.7. The third-order valence-corrected chi connectivity index (χ3v) is 5.28. The number of unbranched alkanes of at least 4 members (excludes halogenated alkanes) is 1. The maximum Gasteiger partial charge on any atom is 0.178 e. The predicted octanol–water partition coefficient (Wildman–Crippen LogP) is 3.03. The molecule has 1 rings (SSSR count). The van der Waals surface area contributed by atoms with E-state index in [1.54, 1.807) is 31.4 Å². The molecule has 1 atom stereocenters. The minimum absolute atomic E-state index is 0.208. The van der Waals surface area contributed by atoms with Crippen LogP contribution in [0, 0.1) is 0 Å². The molecule has 0 aromatic heterocycles. The molecule has 0 amide bonds. The molecule has 0 saturated carbocycles. The molecule has 0 aliphatic rings. The van der Waals surface area contributed by atoms with Gasteiger partial charge < -0.3 is 10.1 Å². The van der Waals surface area contributed by atoms with Crippen LogP contribution in [0.1, 0.15) is 39.5 Å². The second-order valence-electron chi connectivity index (χ2n) is 5.35. The average Bonchev–Trinajstić information content (AvgIpc) is 2.49. The van der Waals surface area contributed by atoms with Crippen LogP contribution in [-0.4, -0.2) is 33.9 Å². The van der Waals surface area contributed by atoms with E-state index in [0.717, 1.165) is 25.8 Å². The van der Waals surface area contributed by atoms with Gasteiger partial charge in [0.2, 0.25) is 0 Å². The Kier molecular flexibility index (Phi) is 7.75. The molecular formula is C16H27NO3S. The lowest BCUT2D eigenvalue weighted by Gasteiger charge is -2.12. The molecule has 0 fully saturated rings. The second-order valence-corrected chi connectivity index (χ2v) is 7.45. The second kappa shape index (κ2) is 9.05. The van der Waals surface area contributed by atoms with Crippen molar-refractivity contribution < 1.29 is 13.2 Å². The van der Waals surface area contributed by atoms with E-state index in [1.807, 2.05) is 0 Å². The summed E-state index contributed by atoms with van der Waals surface area (Å²) in [5.74, 6) is 0.879. The molecule has 0 bridgehead atoms. The van der Waals surface area contributed by atoms with Gasteiger partial charge in [-0.1, -0.05) is 13.3 Å². The Morgan fingerprint density at radius 2 is 1.86 bits per heavy atom. The Morgan fingerprint density at radius 1 is 1.19 bits per heavy atom. The van der Waals surface area contributed by atoms with Crippen LogP contribution in [0.5, 0.6) is 5.75 Å². The smallest absolute Gasteiger partial charge is 0.178 e. The molecule has 21 heavy (non-hydrogen) atoms. The molecule has 0 saturated heterocycles. The Bertz CT molecular complexity index is 497. The third kappa shape index (κ3) is 6.48. The van der Waals surface area contributed by atoms with E-state index in [4.69, 9.17) is 4.74 Å². The number of nitrogens with one attached hydrogen (secondary N) is 1. The summed E-state index contributed by atoms with van der Waals surface area (Å²) in [4.78, 5) is 0.375. The zero-order valence-corrected chi connectivity index (χ0v) is 14.1. The predicted molar refractivity (Wildman–Crippen MR) is 86.7 cm³/mol. The molecule has 0 radical (unpaired) electrons. The molecule has 1 unspecified atom stereocenters. The third-order valence-electron chi connectivity index (χ3n) is 3.46. The Hall–Kier alpha value is -1.07. The maximum atomic E-state index is 12.2. The van der Waals surface area contributed by atoms with Crippen molar-refractivity contribution in [2.75, 3.05) is 19.4 Å². The highest BCUT2D eigenvalue weighted by atomic mass is 32.2. The van der Waals surface area contributed by atoms with E-state index in [0.29, 0.717) is 23.1 Å². The first-order valence-corrected chi connectivity index (χ1v) is 9.25. The molecule has 120 valence electrons. The lowest BCUT2D eigenvalue weighted by atomic mass is 10.1. The van der Waals surface area contributed by atoms with Crippen LogP contribution in [0.2, 0.25) is 0 Å². The number of methoxy groups -OCH3 is 1. The fourth-order valence-electron chi connectivity index (χ4n) is 2.14. The summed E-state index contributed by atoms with van der Waals surface area (Å²) in [5, 5.41) is 3.41. The molecule has 1 aromatic rings. The number of benzene rings is 1. The van der Waals surface area contributed by atoms with Gasteiger partial charge in [-0.25, -0.2) is 8.42 Å². The van der Waals surface area contributed by atoms with Crippen LogP contribution in [0.3, 0.4) is 0 Å². The monoisotopic (exact) mass is 313 g/mol. The summed E-state index contributed by atoms with van der Waals surface area (Å²) < 4.78 is 29.4. The van der Waals surface area contributed by atoms with Crippen LogP contribution in [0.4, 0.5) is 0 Å². The summed E-state index contributed by atoms with van der Waals surface area (Å²) in [6.07, 6.45) is 3.76. The molecule has 1 N–H and O–H groups in total. The van der Waals surface area contributed by atoms with Gasteiger partial charge in [0.05, 0.1) is 17.8 Å². The van der Waals surface area contributed by atoms with Gasteiger partial charge in [-0.15, -0.1) is 0 Å². The minimum atomic E-state index is -3.18.